The Hall–Kier alpha value is -2.77. The van der Waals surface area contributed by atoms with Crippen LogP contribution in [0.4, 0.5) is 0 Å². The van der Waals surface area contributed by atoms with Crippen LogP contribution in [0.15, 0.2) is 35.3 Å². The summed E-state index contributed by atoms with van der Waals surface area (Å²) in [5.41, 5.74) is 1.97. The summed E-state index contributed by atoms with van der Waals surface area (Å²) >= 11 is 0. The zero-order chi connectivity index (χ0) is 19.4. The van der Waals surface area contributed by atoms with Crippen LogP contribution in [0.3, 0.4) is 0 Å². The molecule has 0 unspecified atom stereocenters. The van der Waals surface area contributed by atoms with Gasteiger partial charge in [-0.1, -0.05) is 0 Å². The summed E-state index contributed by atoms with van der Waals surface area (Å²) < 4.78 is 21.2. The average molecular weight is 396 g/mol. The molecule has 1 N–H and O–H groups in total. The highest BCUT2D eigenvalue weighted by molar-refractivity contribution is 7.92. The van der Waals surface area contributed by atoms with Gasteiger partial charge in [0.15, 0.2) is 5.54 Å². The lowest BCUT2D eigenvalue weighted by Crippen LogP contribution is -2.66. The number of H-pyrrole nitrogens is 1. The van der Waals surface area contributed by atoms with Crippen molar-refractivity contribution in [2.45, 2.75) is 23.6 Å². The van der Waals surface area contributed by atoms with Gasteiger partial charge >= 0.3 is 0 Å². The Kier molecular flexibility index (Phi) is 3.79. The molecule has 0 bridgehead atoms. The molecule has 0 radical (unpaired) electrons. The predicted octanol–water partition coefficient (Wildman–Crippen LogP) is 1.93. The number of fused-ring (bicyclic) bond motifs is 1. The van der Waals surface area contributed by atoms with Crippen molar-refractivity contribution in [3.8, 4) is 11.3 Å². The summed E-state index contributed by atoms with van der Waals surface area (Å²) in [4.78, 5) is 15.4. The highest BCUT2D eigenvalue weighted by Crippen LogP contribution is 2.40. The molecule has 1 atom stereocenters. The van der Waals surface area contributed by atoms with Crippen molar-refractivity contribution in [2.75, 3.05) is 26.7 Å². The molecule has 1 saturated carbocycles. The summed E-state index contributed by atoms with van der Waals surface area (Å²) in [6.45, 7) is 8.74. The number of aromatic nitrogens is 5. The molecular weight excluding hydrogens is 376 g/mol. The van der Waals surface area contributed by atoms with Crippen LogP contribution in [0.5, 0.6) is 0 Å². The molecule has 3 aromatic heterocycles. The molecule has 5 rings (SSSR count). The molecule has 3 aromatic rings. The Bertz CT molecular complexity index is 1200. The van der Waals surface area contributed by atoms with Gasteiger partial charge < -0.3 is 9.83 Å². The van der Waals surface area contributed by atoms with E-state index in [4.69, 9.17) is 6.57 Å². The van der Waals surface area contributed by atoms with E-state index in [2.05, 4.69) is 29.3 Å². The van der Waals surface area contributed by atoms with E-state index in [9.17, 15) is 4.21 Å². The molecule has 9 nitrogen and oxygen atoms in total. The second kappa shape index (κ2) is 6.12. The summed E-state index contributed by atoms with van der Waals surface area (Å²) in [6.07, 6.45) is 8.99. The van der Waals surface area contributed by atoms with Gasteiger partial charge in [0.05, 0.1) is 17.1 Å². The van der Waals surface area contributed by atoms with Crippen LogP contribution in [-0.4, -0.2) is 65.2 Å². The first kappa shape index (κ1) is 17.3. The molecule has 1 aliphatic heterocycles. The van der Waals surface area contributed by atoms with Crippen molar-refractivity contribution in [3.05, 3.63) is 42.4 Å². The molecule has 0 amide bonds. The Morgan fingerprint density at radius 1 is 1.43 bits per heavy atom. The third-order valence-electron chi connectivity index (χ3n) is 5.60. The molecule has 0 spiro atoms. The van der Waals surface area contributed by atoms with Gasteiger partial charge in [0.1, 0.15) is 21.9 Å². The molecular formula is C18H20N8OS. The molecule has 10 heteroatoms. The van der Waals surface area contributed by atoms with Crippen LogP contribution in [-0.2, 0) is 15.5 Å². The van der Waals surface area contributed by atoms with E-state index in [1.807, 2.05) is 27.4 Å². The highest BCUT2D eigenvalue weighted by Gasteiger charge is 2.54. The Labute approximate surface area is 162 Å². The van der Waals surface area contributed by atoms with Crippen LogP contribution in [0.2, 0.25) is 0 Å². The third kappa shape index (κ3) is 2.47. The maximum absolute atomic E-state index is 13.2. The van der Waals surface area contributed by atoms with Crippen LogP contribution in [0.25, 0.3) is 27.1 Å². The first-order valence-corrected chi connectivity index (χ1v) is 10.7. The molecule has 144 valence electrons. The molecule has 2 fully saturated rings. The Balaban J connectivity index is 1.48. The van der Waals surface area contributed by atoms with E-state index in [0.717, 1.165) is 35.1 Å². The monoisotopic (exact) mass is 396 g/mol. The lowest BCUT2D eigenvalue weighted by atomic mass is 9.92. The Morgan fingerprint density at radius 3 is 2.96 bits per heavy atom. The average Bonchev–Trinajstić information content (AvgIpc) is 3.23. The third-order valence-corrected chi connectivity index (χ3v) is 8.46. The standard InChI is InChI=1S/C18H20N8OS/c1-19-9-18(10-25(11-18)28(27,20-2)14-3-4-14)26-8-13(7-24-26)16-15-5-6-21-17(15)23-12-22-16/h5-8,12,14H,3-4,9-11H2,2H3,(H,21,22,23)/t28-/m0/s1. The van der Waals surface area contributed by atoms with Gasteiger partial charge in [-0.05, 0) is 18.9 Å². The van der Waals surface area contributed by atoms with Gasteiger partial charge in [0, 0.05) is 43.5 Å². The fourth-order valence-corrected chi connectivity index (χ4v) is 6.47. The van der Waals surface area contributed by atoms with Gasteiger partial charge in [-0.15, -0.1) is 0 Å². The van der Waals surface area contributed by atoms with E-state index in [1.165, 1.54) is 6.33 Å². The topological polar surface area (TPSA) is 96.4 Å². The van der Waals surface area contributed by atoms with Gasteiger partial charge in [-0.3, -0.25) is 4.68 Å². The van der Waals surface area contributed by atoms with E-state index in [1.54, 1.807) is 13.2 Å². The van der Waals surface area contributed by atoms with E-state index in [0.29, 0.717) is 13.1 Å². The number of hydrogen-bond donors (Lipinski definition) is 1. The van der Waals surface area contributed by atoms with Gasteiger partial charge in [0.25, 0.3) is 0 Å². The van der Waals surface area contributed by atoms with Crippen molar-refractivity contribution in [3.63, 3.8) is 0 Å². The minimum absolute atomic E-state index is 0.166. The minimum Gasteiger partial charge on any atom is -0.346 e. The van der Waals surface area contributed by atoms with Crippen LogP contribution in [0.1, 0.15) is 12.8 Å². The molecule has 1 saturated heterocycles. The molecule has 0 aromatic carbocycles. The van der Waals surface area contributed by atoms with Crippen molar-refractivity contribution in [1.82, 2.24) is 29.0 Å². The number of nitrogens with one attached hydrogen (secondary N) is 1. The molecule has 2 aliphatic rings. The van der Waals surface area contributed by atoms with Crippen molar-refractivity contribution in [1.29, 1.82) is 0 Å². The van der Waals surface area contributed by atoms with Crippen LogP contribution in [0, 0.1) is 6.57 Å². The molecule has 1 aliphatic carbocycles. The maximum Gasteiger partial charge on any atom is 0.242 e. The summed E-state index contributed by atoms with van der Waals surface area (Å²) in [6, 6.07) is 1.94. The fourth-order valence-electron chi connectivity index (χ4n) is 3.92. The van der Waals surface area contributed by atoms with Gasteiger partial charge in [-0.25, -0.2) is 29.4 Å². The van der Waals surface area contributed by atoms with Crippen molar-refractivity contribution in [2.24, 2.45) is 4.36 Å². The lowest BCUT2D eigenvalue weighted by Gasteiger charge is -2.47. The normalized spacial score (nSPS) is 21.0. The highest BCUT2D eigenvalue weighted by atomic mass is 32.2. The largest absolute Gasteiger partial charge is 0.346 e. The predicted molar refractivity (Wildman–Crippen MR) is 106 cm³/mol. The second-order valence-electron chi connectivity index (χ2n) is 7.39. The number of nitrogens with zero attached hydrogens (tertiary/aromatic N) is 7. The second-order valence-corrected chi connectivity index (χ2v) is 10.0. The van der Waals surface area contributed by atoms with Crippen LogP contribution < -0.4 is 0 Å². The van der Waals surface area contributed by atoms with Crippen molar-refractivity contribution < 1.29 is 4.21 Å². The summed E-state index contributed by atoms with van der Waals surface area (Å²) in [7, 11) is -0.711. The van der Waals surface area contributed by atoms with E-state index in [-0.39, 0.29) is 11.8 Å². The van der Waals surface area contributed by atoms with Crippen molar-refractivity contribution >= 4 is 20.9 Å². The lowest BCUT2D eigenvalue weighted by molar-refractivity contribution is 0.0865. The first-order chi connectivity index (χ1) is 13.6. The number of aromatic amines is 1. The summed E-state index contributed by atoms with van der Waals surface area (Å²) in [5, 5.41) is 5.65. The van der Waals surface area contributed by atoms with Crippen LogP contribution >= 0.6 is 0 Å². The Morgan fingerprint density at radius 2 is 2.25 bits per heavy atom. The fraction of sp³-hybridized carbons (Fsp3) is 0.444. The number of rotatable bonds is 5. The van der Waals surface area contributed by atoms with E-state index < -0.39 is 15.5 Å². The zero-order valence-electron chi connectivity index (χ0n) is 15.4. The smallest absolute Gasteiger partial charge is 0.242 e. The molecule has 28 heavy (non-hydrogen) atoms. The molecule has 4 heterocycles. The number of hydrogen-bond acceptors (Lipinski definition) is 5. The van der Waals surface area contributed by atoms with Gasteiger partial charge in [0.2, 0.25) is 6.54 Å². The summed E-state index contributed by atoms with van der Waals surface area (Å²) in [5.74, 6) is 0. The van der Waals surface area contributed by atoms with E-state index >= 15 is 0 Å². The zero-order valence-corrected chi connectivity index (χ0v) is 16.3. The van der Waals surface area contributed by atoms with Gasteiger partial charge in [-0.2, -0.15) is 5.10 Å². The SMILES string of the molecule is [C-]#[N+]CC1(n2cc(-c3ncnc4[nH]ccc34)cn2)CN([S@@](=O)(=NC)C2CC2)C1. The maximum atomic E-state index is 13.2. The first-order valence-electron chi connectivity index (χ1n) is 9.16. The minimum atomic E-state index is -2.35. The quantitative estimate of drug-likeness (QED) is 0.667.